The lowest BCUT2D eigenvalue weighted by Gasteiger charge is -2.10. The molecule has 114 valence electrons. The van der Waals surface area contributed by atoms with Gasteiger partial charge < -0.3 is 9.84 Å². The van der Waals surface area contributed by atoms with Crippen molar-refractivity contribution < 1.29 is 9.84 Å². The zero-order valence-electron chi connectivity index (χ0n) is 13.3. The number of phenolic OH excluding ortho intramolecular Hbond substituents is 1. The van der Waals surface area contributed by atoms with E-state index < -0.39 is 0 Å². The molecule has 2 nitrogen and oxygen atoms in total. The Morgan fingerprint density at radius 1 is 1.05 bits per heavy atom. The summed E-state index contributed by atoms with van der Waals surface area (Å²) in [7, 11) is 1.57. The third-order valence-electron chi connectivity index (χ3n) is 3.39. The SMILES string of the molecule is COc1cc(/C=C/c2ccccc2)cc(CC=C(C)C)c1O. The molecule has 0 aliphatic carbocycles. The Labute approximate surface area is 132 Å². The fourth-order valence-corrected chi connectivity index (χ4v) is 2.17. The molecule has 0 amide bonds. The molecule has 0 aromatic heterocycles. The van der Waals surface area contributed by atoms with Crippen LogP contribution in [0.25, 0.3) is 12.2 Å². The molecule has 1 N–H and O–H groups in total. The lowest BCUT2D eigenvalue weighted by atomic mass is 10.0. The molecule has 0 radical (unpaired) electrons. The maximum atomic E-state index is 10.2. The number of methoxy groups -OCH3 is 1. The molecule has 0 fully saturated rings. The molecular weight excluding hydrogens is 272 g/mol. The van der Waals surface area contributed by atoms with Crippen molar-refractivity contribution in [2.24, 2.45) is 0 Å². The highest BCUT2D eigenvalue weighted by Crippen LogP contribution is 2.32. The highest BCUT2D eigenvalue weighted by atomic mass is 16.5. The van der Waals surface area contributed by atoms with Crippen LogP contribution >= 0.6 is 0 Å². The van der Waals surface area contributed by atoms with Crippen LogP contribution < -0.4 is 4.74 Å². The van der Waals surface area contributed by atoms with Crippen molar-refractivity contribution in [2.45, 2.75) is 20.3 Å². The minimum Gasteiger partial charge on any atom is -0.504 e. The van der Waals surface area contributed by atoms with Crippen molar-refractivity contribution in [3.05, 3.63) is 70.8 Å². The zero-order chi connectivity index (χ0) is 15.9. The quantitative estimate of drug-likeness (QED) is 0.615. The van der Waals surface area contributed by atoms with Crippen molar-refractivity contribution in [1.29, 1.82) is 0 Å². The standard InChI is InChI=1S/C20H22O2/c1-15(2)9-12-18-13-17(14-19(22-3)20(18)21)11-10-16-7-5-4-6-8-16/h4-11,13-14,21H,12H2,1-3H3/b11-10+. The maximum Gasteiger partial charge on any atom is 0.161 e. The average Bonchev–Trinajstić information content (AvgIpc) is 2.53. The lowest BCUT2D eigenvalue weighted by molar-refractivity contribution is 0.371. The summed E-state index contributed by atoms with van der Waals surface area (Å²) in [4.78, 5) is 0. The van der Waals surface area contributed by atoms with E-state index in [0.29, 0.717) is 12.2 Å². The smallest absolute Gasteiger partial charge is 0.161 e. The van der Waals surface area contributed by atoms with Crippen LogP contribution in [0.3, 0.4) is 0 Å². The van der Waals surface area contributed by atoms with Crippen LogP contribution in [0, 0.1) is 0 Å². The van der Waals surface area contributed by atoms with E-state index in [2.05, 4.69) is 24.3 Å². The van der Waals surface area contributed by atoms with E-state index >= 15 is 0 Å². The minimum atomic E-state index is 0.219. The Morgan fingerprint density at radius 3 is 2.36 bits per heavy atom. The summed E-state index contributed by atoms with van der Waals surface area (Å²) in [6.45, 7) is 4.10. The maximum absolute atomic E-state index is 10.2. The largest absolute Gasteiger partial charge is 0.504 e. The second-order valence-corrected chi connectivity index (χ2v) is 5.46. The van der Waals surface area contributed by atoms with Gasteiger partial charge in [-0.05, 0) is 43.5 Å². The van der Waals surface area contributed by atoms with Crippen LogP contribution in [-0.4, -0.2) is 12.2 Å². The first-order chi connectivity index (χ1) is 10.6. The van der Waals surface area contributed by atoms with Gasteiger partial charge in [0.25, 0.3) is 0 Å². The van der Waals surface area contributed by atoms with Gasteiger partial charge in [0, 0.05) is 5.56 Å². The summed E-state index contributed by atoms with van der Waals surface area (Å²) in [5.74, 6) is 0.726. The van der Waals surface area contributed by atoms with Crippen molar-refractivity contribution in [2.75, 3.05) is 7.11 Å². The first kappa shape index (κ1) is 15.9. The summed E-state index contributed by atoms with van der Waals surface area (Å²) in [6.07, 6.45) is 6.87. The molecule has 0 spiro atoms. The van der Waals surface area contributed by atoms with Gasteiger partial charge in [-0.2, -0.15) is 0 Å². The molecule has 2 rings (SSSR count). The first-order valence-corrected chi connectivity index (χ1v) is 7.36. The molecule has 0 saturated heterocycles. The highest BCUT2D eigenvalue weighted by Gasteiger charge is 2.08. The summed E-state index contributed by atoms with van der Waals surface area (Å²) in [5, 5.41) is 10.2. The Morgan fingerprint density at radius 2 is 1.73 bits per heavy atom. The van der Waals surface area contributed by atoms with Crippen molar-refractivity contribution in [3.63, 3.8) is 0 Å². The number of ether oxygens (including phenoxy) is 1. The molecule has 0 heterocycles. The summed E-state index contributed by atoms with van der Waals surface area (Å²) >= 11 is 0. The first-order valence-electron chi connectivity index (χ1n) is 7.36. The van der Waals surface area contributed by atoms with Crippen LogP contribution in [-0.2, 0) is 6.42 Å². The normalized spacial score (nSPS) is 10.7. The highest BCUT2D eigenvalue weighted by molar-refractivity contribution is 5.71. The van der Waals surface area contributed by atoms with E-state index in [-0.39, 0.29) is 5.75 Å². The van der Waals surface area contributed by atoms with Gasteiger partial charge in [-0.3, -0.25) is 0 Å². The molecule has 2 aromatic carbocycles. The van der Waals surface area contributed by atoms with Crippen LogP contribution in [0.5, 0.6) is 11.5 Å². The number of rotatable bonds is 5. The Hall–Kier alpha value is -2.48. The van der Waals surface area contributed by atoms with Gasteiger partial charge in [0.2, 0.25) is 0 Å². The van der Waals surface area contributed by atoms with Gasteiger partial charge in [-0.15, -0.1) is 0 Å². The van der Waals surface area contributed by atoms with E-state index in [4.69, 9.17) is 4.74 Å². The molecule has 0 aliphatic heterocycles. The van der Waals surface area contributed by atoms with E-state index in [1.165, 1.54) is 5.57 Å². The van der Waals surface area contributed by atoms with Crippen LogP contribution in [0.2, 0.25) is 0 Å². The fourth-order valence-electron chi connectivity index (χ4n) is 2.17. The summed E-state index contributed by atoms with van der Waals surface area (Å²) in [5.41, 5.74) is 4.24. The third kappa shape index (κ3) is 4.26. The number of allylic oxidation sites excluding steroid dienone is 2. The zero-order valence-corrected chi connectivity index (χ0v) is 13.3. The molecule has 0 bridgehead atoms. The predicted octanol–water partition coefficient (Wildman–Crippen LogP) is 5.08. The van der Waals surface area contributed by atoms with Crippen molar-refractivity contribution in [3.8, 4) is 11.5 Å². The second-order valence-electron chi connectivity index (χ2n) is 5.46. The van der Waals surface area contributed by atoms with Gasteiger partial charge in [-0.1, -0.05) is 54.1 Å². The summed E-state index contributed by atoms with van der Waals surface area (Å²) < 4.78 is 5.28. The fraction of sp³-hybridized carbons (Fsp3) is 0.200. The predicted molar refractivity (Wildman–Crippen MR) is 93.2 cm³/mol. The Kier molecular flexibility index (Phi) is 5.42. The van der Waals surface area contributed by atoms with E-state index in [1.54, 1.807) is 7.11 Å². The molecule has 0 saturated carbocycles. The van der Waals surface area contributed by atoms with Crippen LogP contribution in [0.1, 0.15) is 30.5 Å². The van der Waals surface area contributed by atoms with Gasteiger partial charge in [0.15, 0.2) is 11.5 Å². The molecular formula is C20H22O2. The number of phenols is 1. The molecule has 2 heteroatoms. The molecule has 0 unspecified atom stereocenters. The van der Waals surface area contributed by atoms with Gasteiger partial charge >= 0.3 is 0 Å². The Bertz CT molecular complexity index is 678. The van der Waals surface area contributed by atoms with Gasteiger partial charge in [0.1, 0.15) is 0 Å². The molecule has 22 heavy (non-hydrogen) atoms. The van der Waals surface area contributed by atoms with E-state index in [9.17, 15) is 5.11 Å². The number of hydrogen-bond acceptors (Lipinski definition) is 2. The van der Waals surface area contributed by atoms with Gasteiger partial charge in [0.05, 0.1) is 7.11 Å². The third-order valence-corrected chi connectivity index (χ3v) is 3.39. The summed E-state index contributed by atoms with van der Waals surface area (Å²) in [6, 6.07) is 14.0. The van der Waals surface area contributed by atoms with Crippen LogP contribution in [0.4, 0.5) is 0 Å². The molecule has 2 aromatic rings. The second kappa shape index (κ2) is 7.51. The van der Waals surface area contributed by atoms with Crippen LogP contribution in [0.15, 0.2) is 54.1 Å². The van der Waals surface area contributed by atoms with Crippen molar-refractivity contribution >= 4 is 12.2 Å². The van der Waals surface area contributed by atoms with Gasteiger partial charge in [-0.25, -0.2) is 0 Å². The Balaban J connectivity index is 2.33. The lowest BCUT2D eigenvalue weighted by Crippen LogP contribution is -1.91. The average molecular weight is 294 g/mol. The number of hydrogen-bond donors (Lipinski definition) is 1. The van der Waals surface area contributed by atoms with Crippen molar-refractivity contribution in [1.82, 2.24) is 0 Å². The minimum absolute atomic E-state index is 0.219. The number of benzene rings is 2. The number of aromatic hydroxyl groups is 1. The topological polar surface area (TPSA) is 29.5 Å². The molecule has 0 atom stereocenters. The van der Waals surface area contributed by atoms with E-state index in [0.717, 1.165) is 16.7 Å². The van der Waals surface area contributed by atoms with E-state index in [1.807, 2.05) is 50.3 Å². The monoisotopic (exact) mass is 294 g/mol. The molecule has 0 aliphatic rings.